The standard InChI is InChI=1S/C30H26N2.C2H6.2HI/c1-31-15-11-23(12-16-31)3-5-25-7-9-27-22-30-20-26(8-10-28(30)21-29(27)19-25)6-4-24-13-17-32(2)18-14-24;1-2;;/h3-22H,1-2H3;1-2H3;2*1H/q+2;;;/b5-3+,6-4+;;;. The fourth-order valence-corrected chi connectivity index (χ4v) is 3.87. The molecule has 3 aromatic carbocycles. The molecule has 2 aromatic heterocycles. The Balaban J connectivity index is 0.00000111. The lowest BCUT2D eigenvalue weighted by molar-refractivity contribution is -0.671. The van der Waals surface area contributed by atoms with Crippen molar-refractivity contribution in [2.45, 2.75) is 13.8 Å². The van der Waals surface area contributed by atoms with E-state index < -0.39 is 0 Å². The highest BCUT2D eigenvalue weighted by Gasteiger charge is 2.01. The fourth-order valence-electron chi connectivity index (χ4n) is 3.87. The molecule has 0 aliphatic rings. The van der Waals surface area contributed by atoms with Crippen LogP contribution in [0.15, 0.2) is 97.6 Å². The number of hydrogen-bond acceptors (Lipinski definition) is 0. The summed E-state index contributed by atoms with van der Waals surface area (Å²) in [5.41, 5.74) is 4.82. The summed E-state index contributed by atoms with van der Waals surface area (Å²) < 4.78 is 4.09. The first-order valence-electron chi connectivity index (χ1n) is 11.9. The van der Waals surface area contributed by atoms with Gasteiger partial charge in [-0.3, -0.25) is 0 Å². The number of aromatic nitrogens is 2. The van der Waals surface area contributed by atoms with Gasteiger partial charge in [0, 0.05) is 24.3 Å². The molecule has 0 radical (unpaired) electrons. The molecule has 0 aliphatic carbocycles. The second-order valence-electron chi connectivity index (χ2n) is 8.33. The smallest absolute Gasteiger partial charge is 0.169 e. The molecular formula is C32H34I2N2+2. The fraction of sp³-hybridized carbons (Fsp3) is 0.125. The average molecular weight is 700 g/mol. The quantitative estimate of drug-likeness (QED) is 0.101. The summed E-state index contributed by atoms with van der Waals surface area (Å²) in [6, 6.07) is 26.4. The minimum absolute atomic E-state index is 0. The number of fused-ring (bicyclic) bond motifs is 2. The average Bonchev–Trinajstić information content (AvgIpc) is 2.88. The Morgan fingerprint density at radius 2 is 0.750 bits per heavy atom. The molecule has 0 unspecified atom stereocenters. The van der Waals surface area contributed by atoms with Crippen LogP contribution in [-0.4, -0.2) is 0 Å². The first-order chi connectivity index (χ1) is 16.6. The van der Waals surface area contributed by atoms with Crippen LogP contribution < -0.4 is 9.13 Å². The van der Waals surface area contributed by atoms with Crippen LogP contribution in [0.2, 0.25) is 0 Å². The number of rotatable bonds is 4. The van der Waals surface area contributed by atoms with E-state index in [2.05, 4.69) is 122 Å². The minimum atomic E-state index is 0. The largest absolute Gasteiger partial charge is 0.208 e. The topological polar surface area (TPSA) is 7.76 Å². The van der Waals surface area contributed by atoms with Gasteiger partial charge in [-0.05, 0) is 68.1 Å². The molecule has 5 rings (SSSR count). The molecule has 2 heterocycles. The number of aryl methyl sites for hydroxylation is 2. The lowest BCUT2D eigenvalue weighted by atomic mass is 9.99. The molecule has 0 aliphatic heterocycles. The van der Waals surface area contributed by atoms with Gasteiger partial charge in [-0.15, -0.1) is 48.0 Å². The lowest BCUT2D eigenvalue weighted by Gasteiger charge is -2.05. The van der Waals surface area contributed by atoms with E-state index in [1.165, 1.54) is 43.8 Å². The summed E-state index contributed by atoms with van der Waals surface area (Å²) in [6.45, 7) is 4.00. The van der Waals surface area contributed by atoms with Gasteiger partial charge in [0.2, 0.25) is 0 Å². The Morgan fingerprint density at radius 1 is 0.417 bits per heavy atom. The van der Waals surface area contributed by atoms with Crippen molar-refractivity contribution >= 4 is 93.8 Å². The van der Waals surface area contributed by atoms with Gasteiger partial charge in [-0.1, -0.05) is 62.4 Å². The maximum atomic E-state index is 2.29. The summed E-state index contributed by atoms with van der Waals surface area (Å²) in [5.74, 6) is 0. The van der Waals surface area contributed by atoms with Crippen LogP contribution in [-0.2, 0) is 14.1 Å². The molecule has 2 nitrogen and oxygen atoms in total. The van der Waals surface area contributed by atoms with Gasteiger partial charge in [-0.2, -0.15) is 0 Å². The maximum absolute atomic E-state index is 2.29. The van der Waals surface area contributed by atoms with Gasteiger partial charge in [0.15, 0.2) is 24.8 Å². The lowest BCUT2D eigenvalue weighted by Crippen LogP contribution is -2.25. The Morgan fingerprint density at radius 3 is 1.11 bits per heavy atom. The summed E-state index contributed by atoms with van der Waals surface area (Å²) in [4.78, 5) is 0. The molecule has 0 fully saturated rings. The molecule has 0 saturated heterocycles. The molecule has 0 spiro atoms. The van der Waals surface area contributed by atoms with Crippen LogP contribution in [0.4, 0.5) is 0 Å². The van der Waals surface area contributed by atoms with Crippen molar-refractivity contribution in [1.29, 1.82) is 0 Å². The number of benzene rings is 3. The van der Waals surface area contributed by atoms with E-state index in [0.717, 1.165) is 0 Å². The van der Waals surface area contributed by atoms with Gasteiger partial charge in [0.05, 0.1) is 0 Å². The maximum Gasteiger partial charge on any atom is 0.169 e. The van der Waals surface area contributed by atoms with Gasteiger partial charge in [-0.25, -0.2) is 9.13 Å². The van der Waals surface area contributed by atoms with Crippen molar-refractivity contribution in [3.63, 3.8) is 0 Å². The van der Waals surface area contributed by atoms with Crippen LogP contribution in [0.25, 0.3) is 45.8 Å². The predicted octanol–water partition coefficient (Wildman–Crippen LogP) is 8.25. The third kappa shape index (κ3) is 7.71. The van der Waals surface area contributed by atoms with E-state index in [9.17, 15) is 0 Å². The van der Waals surface area contributed by atoms with Crippen LogP contribution in [0.1, 0.15) is 36.1 Å². The van der Waals surface area contributed by atoms with Crippen molar-refractivity contribution in [3.8, 4) is 0 Å². The summed E-state index contributed by atoms with van der Waals surface area (Å²) in [5, 5.41) is 5.05. The van der Waals surface area contributed by atoms with Crippen LogP contribution in [0.5, 0.6) is 0 Å². The van der Waals surface area contributed by atoms with Gasteiger partial charge in [0.25, 0.3) is 0 Å². The van der Waals surface area contributed by atoms with E-state index in [1.807, 2.05) is 37.1 Å². The highest BCUT2D eigenvalue weighted by Crippen LogP contribution is 2.26. The molecule has 0 bridgehead atoms. The van der Waals surface area contributed by atoms with Crippen LogP contribution in [0, 0.1) is 0 Å². The van der Waals surface area contributed by atoms with E-state index in [4.69, 9.17) is 0 Å². The SMILES string of the molecule is CC.C[n+]1ccc(/C=C/c2ccc3cc4cc(/C=C/c5cc[n+](C)cc5)ccc4cc3c2)cc1.I.I. The van der Waals surface area contributed by atoms with E-state index >= 15 is 0 Å². The Hall–Kier alpha value is -2.58. The summed E-state index contributed by atoms with van der Waals surface area (Å²) >= 11 is 0. The minimum Gasteiger partial charge on any atom is -0.208 e. The van der Waals surface area contributed by atoms with Crippen molar-refractivity contribution in [2.75, 3.05) is 0 Å². The molecule has 36 heavy (non-hydrogen) atoms. The molecule has 0 saturated carbocycles. The number of halogens is 2. The second kappa shape index (κ2) is 14.2. The Bertz CT molecular complexity index is 1350. The molecule has 0 N–H and O–H groups in total. The zero-order chi connectivity index (χ0) is 23.9. The van der Waals surface area contributed by atoms with Gasteiger partial charge < -0.3 is 0 Å². The second-order valence-corrected chi connectivity index (χ2v) is 8.33. The highest BCUT2D eigenvalue weighted by atomic mass is 127. The highest BCUT2D eigenvalue weighted by molar-refractivity contribution is 14.0. The molecule has 184 valence electrons. The number of nitrogens with zero attached hydrogens (tertiary/aromatic N) is 2. The third-order valence-corrected chi connectivity index (χ3v) is 5.79. The van der Waals surface area contributed by atoms with Crippen molar-refractivity contribution < 1.29 is 9.13 Å². The van der Waals surface area contributed by atoms with Crippen molar-refractivity contribution in [1.82, 2.24) is 0 Å². The Labute approximate surface area is 249 Å². The zero-order valence-corrected chi connectivity index (χ0v) is 25.9. The van der Waals surface area contributed by atoms with E-state index in [-0.39, 0.29) is 48.0 Å². The summed E-state index contributed by atoms with van der Waals surface area (Å²) in [7, 11) is 4.06. The van der Waals surface area contributed by atoms with Crippen LogP contribution in [0.3, 0.4) is 0 Å². The predicted molar refractivity (Wildman–Crippen MR) is 177 cm³/mol. The monoisotopic (exact) mass is 700 g/mol. The summed E-state index contributed by atoms with van der Waals surface area (Å²) in [6.07, 6.45) is 16.9. The number of hydrogen-bond donors (Lipinski definition) is 0. The van der Waals surface area contributed by atoms with Gasteiger partial charge in [0.1, 0.15) is 14.1 Å². The normalized spacial score (nSPS) is 10.7. The molecule has 0 amide bonds. The Kier molecular flexibility index (Phi) is 11.7. The first kappa shape index (κ1) is 29.6. The first-order valence-corrected chi connectivity index (χ1v) is 11.9. The van der Waals surface area contributed by atoms with Crippen LogP contribution >= 0.6 is 48.0 Å². The van der Waals surface area contributed by atoms with Crippen molar-refractivity contribution in [3.05, 3.63) is 120 Å². The zero-order valence-electron chi connectivity index (χ0n) is 21.3. The number of pyridine rings is 2. The third-order valence-electron chi connectivity index (χ3n) is 5.79. The molecule has 0 atom stereocenters. The van der Waals surface area contributed by atoms with E-state index in [0.29, 0.717) is 0 Å². The van der Waals surface area contributed by atoms with Gasteiger partial charge >= 0.3 is 0 Å². The molecule has 4 heteroatoms. The molecule has 5 aromatic rings. The van der Waals surface area contributed by atoms with E-state index in [1.54, 1.807) is 0 Å². The molecular weight excluding hydrogens is 666 g/mol. The van der Waals surface area contributed by atoms with Crippen molar-refractivity contribution in [2.24, 2.45) is 14.1 Å².